The van der Waals surface area contributed by atoms with E-state index in [9.17, 15) is 16.8 Å². The fraction of sp³-hybridized carbons (Fsp3) is 1.00. The molecule has 0 aromatic carbocycles. The van der Waals surface area contributed by atoms with Gasteiger partial charge >= 0.3 is 0 Å². The first-order chi connectivity index (χ1) is 7.11. The van der Waals surface area contributed by atoms with Crippen LogP contribution in [-0.2, 0) is 19.7 Å². The molecular weight excluding hydrogens is 250 g/mol. The normalized spacial score (nSPS) is 39.9. The smallest absolute Gasteiger partial charge is 0.157 e. The summed E-state index contributed by atoms with van der Waals surface area (Å²) in [5.41, 5.74) is -0.457. The lowest BCUT2D eigenvalue weighted by Crippen LogP contribution is -2.65. The molecule has 0 saturated carbocycles. The molecule has 2 aliphatic rings. The molecule has 0 spiro atoms. The Kier molecular flexibility index (Phi) is 2.64. The molecule has 2 rings (SSSR count). The molecule has 2 heterocycles. The fourth-order valence-electron chi connectivity index (χ4n) is 2.61. The Morgan fingerprint density at radius 2 is 1.81 bits per heavy atom. The van der Waals surface area contributed by atoms with Gasteiger partial charge in [-0.1, -0.05) is 0 Å². The van der Waals surface area contributed by atoms with Gasteiger partial charge in [-0.2, -0.15) is 0 Å². The third-order valence-electron chi connectivity index (χ3n) is 3.21. The molecule has 2 unspecified atom stereocenters. The molecule has 94 valence electrons. The van der Waals surface area contributed by atoms with E-state index in [-0.39, 0.29) is 23.3 Å². The molecular formula is C9H17NO4S2. The van der Waals surface area contributed by atoms with Crippen molar-refractivity contribution in [2.45, 2.75) is 37.1 Å². The first-order valence-electron chi connectivity index (χ1n) is 5.31. The van der Waals surface area contributed by atoms with Crippen LogP contribution in [0.25, 0.3) is 0 Å². The van der Waals surface area contributed by atoms with Crippen LogP contribution in [0.4, 0.5) is 0 Å². The zero-order valence-corrected chi connectivity index (χ0v) is 11.1. The molecule has 16 heavy (non-hydrogen) atoms. The van der Waals surface area contributed by atoms with Crippen molar-refractivity contribution in [3.8, 4) is 0 Å². The van der Waals surface area contributed by atoms with E-state index in [1.54, 1.807) is 0 Å². The molecule has 2 saturated heterocycles. The Balaban J connectivity index is 2.36. The number of hydrogen-bond acceptors (Lipinski definition) is 5. The molecule has 0 amide bonds. The van der Waals surface area contributed by atoms with Gasteiger partial charge in [-0.3, -0.25) is 0 Å². The average Bonchev–Trinajstić information content (AvgIpc) is 2.03. The summed E-state index contributed by atoms with van der Waals surface area (Å²) in [6, 6.07) is -0.211. The Hall–Kier alpha value is -0.140. The maximum absolute atomic E-state index is 12.0. The van der Waals surface area contributed by atoms with Gasteiger partial charge in [0.2, 0.25) is 0 Å². The minimum Gasteiger partial charge on any atom is -0.307 e. The van der Waals surface area contributed by atoms with Crippen molar-refractivity contribution in [1.29, 1.82) is 0 Å². The van der Waals surface area contributed by atoms with Gasteiger partial charge in [0.25, 0.3) is 0 Å². The van der Waals surface area contributed by atoms with Crippen LogP contribution in [-0.4, -0.2) is 50.9 Å². The number of fused-ring (bicyclic) bond motifs is 1. The minimum atomic E-state index is -3.30. The van der Waals surface area contributed by atoms with E-state index in [0.717, 1.165) is 0 Å². The molecule has 1 N–H and O–H groups in total. The molecule has 2 aliphatic heterocycles. The molecule has 7 heteroatoms. The third kappa shape index (κ3) is 2.26. The van der Waals surface area contributed by atoms with Gasteiger partial charge in [-0.25, -0.2) is 16.8 Å². The van der Waals surface area contributed by atoms with E-state index in [4.69, 9.17) is 0 Å². The van der Waals surface area contributed by atoms with Crippen molar-refractivity contribution in [3.05, 3.63) is 0 Å². The van der Waals surface area contributed by atoms with Crippen LogP contribution < -0.4 is 5.32 Å². The summed E-state index contributed by atoms with van der Waals surface area (Å²) in [4.78, 5) is 0. The second-order valence-electron chi connectivity index (χ2n) is 5.38. The minimum absolute atomic E-state index is 0.0106. The van der Waals surface area contributed by atoms with Gasteiger partial charge < -0.3 is 5.32 Å². The fourth-order valence-corrected chi connectivity index (χ4v) is 7.59. The summed E-state index contributed by atoms with van der Waals surface area (Å²) in [5, 5.41) is 2.49. The predicted molar refractivity (Wildman–Crippen MR) is 61.8 cm³/mol. The van der Waals surface area contributed by atoms with Gasteiger partial charge in [0.15, 0.2) is 19.7 Å². The van der Waals surface area contributed by atoms with E-state index in [2.05, 4.69) is 5.32 Å². The summed E-state index contributed by atoms with van der Waals surface area (Å²) in [5.74, 6) is -0.119. The molecule has 0 aliphatic carbocycles. The number of hydrogen-bond donors (Lipinski definition) is 1. The standard InChI is InChI=1S/C9H17NO4S2/c1-9(2)6-16(13,14)8-5-15(11,12)4-3-7(8)10-9/h7-8,10H,3-6H2,1-2H3. The molecule has 0 aromatic rings. The van der Waals surface area contributed by atoms with E-state index in [0.29, 0.717) is 6.42 Å². The highest BCUT2D eigenvalue weighted by Gasteiger charge is 2.48. The zero-order valence-electron chi connectivity index (χ0n) is 9.43. The molecule has 0 radical (unpaired) electrons. The van der Waals surface area contributed by atoms with Crippen molar-refractivity contribution in [1.82, 2.24) is 5.32 Å². The molecule has 5 nitrogen and oxygen atoms in total. The largest absolute Gasteiger partial charge is 0.307 e. The van der Waals surface area contributed by atoms with Gasteiger partial charge in [0.1, 0.15) is 0 Å². The maximum Gasteiger partial charge on any atom is 0.157 e. The van der Waals surface area contributed by atoms with E-state index >= 15 is 0 Å². The first-order valence-corrected chi connectivity index (χ1v) is 8.85. The lowest BCUT2D eigenvalue weighted by molar-refractivity contribution is 0.319. The van der Waals surface area contributed by atoms with Crippen LogP contribution in [0.3, 0.4) is 0 Å². The molecule has 0 aromatic heterocycles. The summed E-state index contributed by atoms with van der Waals surface area (Å²) in [6.07, 6.45) is 0.398. The quantitative estimate of drug-likeness (QED) is 0.630. The lowest BCUT2D eigenvalue weighted by Gasteiger charge is -2.43. The van der Waals surface area contributed by atoms with Crippen molar-refractivity contribution >= 4 is 19.7 Å². The van der Waals surface area contributed by atoms with Crippen molar-refractivity contribution in [2.75, 3.05) is 17.3 Å². The van der Waals surface area contributed by atoms with Crippen LogP contribution >= 0.6 is 0 Å². The van der Waals surface area contributed by atoms with Gasteiger partial charge in [0.05, 0.1) is 22.5 Å². The van der Waals surface area contributed by atoms with E-state index < -0.39 is 30.5 Å². The van der Waals surface area contributed by atoms with Crippen molar-refractivity contribution in [2.24, 2.45) is 0 Å². The number of sulfone groups is 2. The highest BCUT2D eigenvalue weighted by atomic mass is 32.2. The van der Waals surface area contributed by atoms with E-state index in [1.807, 2.05) is 13.8 Å². The maximum atomic E-state index is 12.0. The second-order valence-corrected chi connectivity index (χ2v) is 9.83. The van der Waals surface area contributed by atoms with E-state index in [1.165, 1.54) is 0 Å². The predicted octanol–water partition coefficient (Wildman–Crippen LogP) is -0.661. The Bertz CT molecular complexity index is 492. The monoisotopic (exact) mass is 267 g/mol. The van der Waals surface area contributed by atoms with Crippen molar-refractivity contribution in [3.63, 3.8) is 0 Å². The van der Waals surface area contributed by atoms with Crippen LogP contribution in [0, 0.1) is 0 Å². The van der Waals surface area contributed by atoms with Crippen LogP contribution in [0.15, 0.2) is 0 Å². The summed E-state index contributed by atoms with van der Waals surface area (Å²) >= 11 is 0. The SMILES string of the molecule is CC1(C)CS(=O)(=O)C2CS(=O)(=O)CCC2N1. The van der Waals surface area contributed by atoms with Gasteiger partial charge in [-0.05, 0) is 20.3 Å². The highest BCUT2D eigenvalue weighted by Crippen LogP contribution is 2.28. The summed E-state index contributed by atoms with van der Waals surface area (Å²) in [7, 11) is -6.48. The van der Waals surface area contributed by atoms with Gasteiger partial charge in [0, 0.05) is 11.6 Å². The Morgan fingerprint density at radius 3 is 2.44 bits per heavy atom. The molecule has 2 atom stereocenters. The zero-order chi connectivity index (χ0) is 12.2. The number of rotatable bonds is 0. The molecule has 2 fully saturated rings. The molecule has 0 bridgehead atoms. The van der Waals surface area contributed by atoms with Crippen LogP contribution in [0.5, 0.6) is 0 Å². The third-order valence-corrected chi connectivity index (χ3v) is 7.68. The Morgan fingerprint density at radius 1 is 1.19 bits per heavy atom. The lowest BCUT2D eigenvalue weighted by atomic mass is 10.0. The Labute approximate surface area is 96.4 Å². The first kappa shape index (κ1) is 12.3. The topological polar surface area (TPSA) is 80.3 Å². The summed E-state index contributed by atoms with van der Waals surface area (Å²) in [6.45, 7) is 3.67. The van der Waals surface area contributed by atoms with Crippen LogP contribution in [0.1, 0.15) is 20.3 Å². The second kappa shape index (κ2) is 3.43. The highest BCUT2D eigenvalue weighted by molar-refractivity contribution is 7.95. The summed E-state index contributed by atoms with van der Waals surface area (Å²) < 4.78 is 47.0. The average molecular weight is 267 g/mol. The van der Waals surface area contributed by atoms with Crippen LogP contribution in [0.2, 0.25) is 0 Å². The van der Waals surface area contributed by atoms with Gasteiger partial charge in [-0.15, -0.1) is 0 Å². The number of nitrogens with one attached hydrogen (secondary N) is 1. The van der Waals surface area contributed by atoms with Crippen molar-refractivity contribution < 1.29 is 16.8 Å².